The predicted molar refractivity (Wildman–Crippen MR) is 127 cm³/mol. The smallest absolute Gasteiger partial charge is 0.309 e. The van der Waals surface area contributed by atoms with Crippen molar-refractivity contribution in [2.45, 2.75) is 58.9 Å². The van der Waals surface area contributed by atoms with E-state index in [0.29, 0.717) is 18.3 Å². The first-order valence-corrected chi connectivity index (χ1v) is 11.0. The van der Waals surface area contributed by atoms with Gasteiger partial charge in [0, 0.05) is 22.4 Å². The maximum atomic E-state index is 12.9. The van der Waals surface area contributed by atoms with Gasteiger partial charge in [0.05, 0.1) is 6.54 Å². The average Bonchev–Trinajstić information content (AvgIpc) is 3.42. The van der Waals surface area contributed by atoms with E-state index in [0.717, 1.165) is 40.1 Å². The van der Waals surface area contributed by atoms with Gasteiger partial charge in [-0.1, -0.05) is 83.1 Å². The Morgan fingerprint density at radius 1 is 1.03 bits per heavy atom. The van der Waals surface area contributed by atoms with Gasteiger partial charge in [0.15, 0.2) is 0 Å². The van der Waals surface area contributed by atoms with Gasteiger partial charge in [0.1, 0.15) is 0 Å². The van der Waals surface area contributed by atoms with Gasteiger partial charge in [-0.15, -0.1) is 10.2 Å². The SMILES string of the molecule is CCC(C)c1c(C(C)(C)C)[nH]c(=O)n1Cc1ccc(-c2ccccc2-c2nn[nH]n2)cc1. The van der Waals surface area contributed by atoms with Crippen molar-refractivity contribution < 1.29 is 0 Å². The zero-order valence-electron chi connectivity index (χ0n) is 19.3. The lowest BCUT2D eigenvalue weighted by Crippen LogP contribution is -2.20. The molecule has 0 saturated heterocycles. The lowest BCUT2D eigenvalue weighted by molar-refractivity contribution is 0.541. The molecule has 2 aromatic carbocycles. The van der Waals surface area contributed by atoms with E-state index in [1.54, 1.807) is 0 Å². The number of H-pyrrole nitrogens is 2. The molecule has 0 aliphatic carbocycles. The normalized spacial score (nSPS) is 12.8. The first-order valence-electron chi connectivity index (χ1n) is 11.0. The van der Waals surface area contributed by atoms with Gasteiger partial charge in [0.2, 0.25) is 5.82 Å². The van der Waals surface area contributed by atoms with E-state index in [9.17, 15) is 4.79 Å². The van der Waals surface area contributed by atoms with Crippen molar-refractivity contribution in [2.75, 3.05) is 0 Å². The van der Waals surface area contributed by atoms with Crippen LogP contribution in [-0.4, -0.2) is 30.2 Å². The van der Waals surface area contributed by atoms with Crippen LogP contribution in [-0.2, 0) is 12.0 Å². The number of benzene rings is 2. The zero-order chi connectivity index (χ0) is 22.9. The summed E-state index contributed by atoms with van der Waals surface area (Å²) in [6.07, 6.45) is 0.978. The second-order valence-corrected chi connectivity index (χ2v) is 9.31. The highest BCUT2D eigenvalue weighted by Crippen LogP contribution is 2.32. The topological polar surface area (TPSA) is 92.2 Å². The van der Waals surface area contributed by atoms with Crippen LogP contribution in [0.25, 0.3) is 22.5 Å². The van der Waals surface area contributed by atoms with Crippen LogP contribution in [0, 0.1) is 0 Å². The van der Waals surface area contributed by atoms with E-state index in [4.69, 9.17) is 0 Å². The summed E-state index contributed by atoms with van der Waals surface area (Å²) in [5.74, 6) is 0.862. The Hall–Kier alpha value is -3.48. The van der Waals surface area contributed by atoms with Crippen LogP contribution in [0.1, 0.15) is 63.9 Å². The third kappa shape index (κ3) is 4.15. The first-order chi connectivity index (χ1) is 15.3. The van der Waals surface area contributed by atoms with Crippen molar-refractivity contribution in [2.24, 2.45) is 0 Å². The molecule has 166 valence electrons. The van der Waals surface area contributed by atoms with Gasteiger partial charge in [-0.05, 0) is 34.2 Å². The highest BCUT2D eigenvalue weighted by Gasteiger charge is 2.26. The summed E-state index contributed by atoms with van der Waals surface area (Å²) in [5, 5.41) is 14.4. The number of rotatable bonds is 6. The van der Waals surface area contributed by atoms with Gasteiger partial charge < -0.3 is 4.98 Å². The zero-order valence-corrected chi connectivity index (χ0v) is 19.3. The average molecular weight is 431 g/mol. The monoisotopic (exact) mass is 430 g/mol. The molecule has 0 bridgehead atoms. The molecule has 1 atom stereocenters. The summed E-state index contributed by atoms with van der Waals surface area (Å²) in [7, 11) is 0. The number of imidazole rings is 1. The van der Waals surface area contributed by atoms with E-state index in [1.165, 1.54) is 0 Å². The number of tetrazole rings is 1. The second kappa shape index (κ2) is 8.57. The predicted octanol–water partition coefficient (Wildman–Crippen LogP) is 4.88. The fourth-order valence-electron chi connectivity index (χ4n) is 4.10. The summed E-state index contributed by atoms with van der Waals surface area (Å²) in [5.41, 5.74) is 6.08. The van der Waals surface area contributed by atoms with Crippen molar-refractivity contribution in [1.82, 2.24) is 30.2 Å². The minimum Gasteiger partial charge on any atom is -0.309 e. The molecule has 0 fully saturated rings. The molecule has 0 aliphatic rings. The summed E-state index contributed by atoms with van der Waals surface area (Å²) in [6, 6.07) is 16.3. The third-order valence-corrected chi connectivity index (χ3v) is 5.97. The lowest BCUT2D eigenvalue weighted by atomic mass is 9.87. The van der Waals surface area contributed by atoms with Crippen LogP contribution in [0.15, 0.2) is 53.3 Å². The molecule has 2 aromatic heterocycles. The van der Waals surface area contributed by atoms with E-state index in [2.05, 4.69) is 84.5 Å². The van der Waals surface area contributed by atoms with Crippen LogP contribution in [0.5, 0.6) is 0 Å². The Morgan fingerprint density at radius 3 is 2.31 bits per heavy atom. The molecule has 0 radical (unpaired) electrons. The minimum atomic E-state index is -0.119. The van der Waals surface area contributed by atoms with E-state index >= 15 is 0 Å². The highest BCUT2D eigenvalue weighted by atomic mass is 16.1. The van der Waals surface area contributed by atoms with Crippen molar-refractivity contribution >= 4 is 0 Å². The quantitative estimate of drug-likeness (QED) is 0.456. The first kappa shape index (κ1) is 21.7. The van der Waals surface area contributed by atoms with E-state index in [-0.39, 0.29) is 11.1 Å². The Bertz CT molecular complexity index is 1240. The lowest BCUT2D eigenvalue weighted by Gasteiger charge is -2.22. The molecule has 4 rings (SSSR count). The molecule has 2 heterocycles. The number of aromatic nitrogens is 6. The van der Waals surface area contributed by atoms with Gasteiger partial charge in [0.25, 0.3) is 0 Å². The number of hydrogen-bond acceptors (Lipinski definition) is 4. The molecule has 0 saturated carbocycles. The maximum Gasteiger partial charge on any atom is 0.326 e. The van der Waals surface area contributed by atoms with Crippen LogP contribution in [0.3, 0.4) is 0 Å². The van der Waals surface area contributed by atoms with E-state index in [1.807, 2.05) is 28.8 Å². The van der Waals surface area contributed by atoms with Gasteiger partial charge in [-0.25, -0.2) is 4.79 Å². The number of nitrogens with zero attached hydrogens (tertiary/aromatic N) is 4. The Labute approximate surface area is 187 Å². The fraction of sp³-hybridized carbons (Fsp3) is 0.360. The largest absolute Gasteiger partial charge is 0.326 e. The molecule has 0 spiro atoms. The molecular weight excluding hydrogens is 400 g/mol. The van der Waals surface area contributed by atoms with Crippen LogP contribution in [0.2, 0.25) is 0 Å². The summed E-state index contributed by atoms with van der Waals surface area (Å²) < 4.78 is 1.90. The van der Waals surface area contributed by atoms with Crippen LogP contribution in [0.4, 0.5) is 0 Å². The van der Waals surface area contributed by atoms with Crippen LogP contribution < -0.4 is 5.69 Å². The van der Waals surface area contributed by atoms with E-state index < -0.39 is 0 Å². The molecule has 7 nitrogen and oxygen atoms in total. The molecular formula is C25H30N6O. The minimum absolute atomic E-state index is 0.0447. The van der Waals surface area contributed by atoms with Crippen LogP contribution >= 0.6 is 0 Å². The van der Waals surface area contributed by atoms with Gasteiger partial charge in [-0.2, -0.15) is 5.21 Å². The molecule has 1 unspecified atom stereocenters. The number of aromatic amines is 2. The highest BCUT2D eigenvalue weighted by molar-refractivity contribution is 5.80. The van der Waals surface area contributed by atoms with Crippen molar-refractivity contribution in [3.8, 4) is 22.5 Å². The molecule has 0 amide bonds. The number of hydrogen-bond donors (Lipinski definition) is 2. The van der Waals surface area contributed by atoms with Gasteiger partial charge in [-0.3, -0.25) is 4.57 Å². The molecule has 4 aromatic rings. The molecule has 7 heteroatoms. The summed E-state index contributed by atoms with van der Waals surface area (Å²) in [6.45, 7) is 11.3. The maximum absolute atomic E-state index is 12.9. The number of nitrogens with one attached hydrogen (secondary N) is 2. The second-order valence-electron chi connectivity index (χ2n) is 9.31. The Balaban J connectivity index is 1.68. The third-order valence-electron chi connectivity index (χ3n) is 5.97. The Kier molecular flexibility index (Phi) is 5.82. The fourth-order valence-corrected chi connectivity index (χ4v) is 4.10. The molecule has 2 N–H and O–H groups in total. The summed E-state index contributed by atoms with van der Waals surface area (Å²) >= 11 is 0. The van der Waals surface area contributed by atoms with Crippen molar-refractivity contribution in [3.63, 3.8) is 0 Å². The van der Waals surface area contributed by atoms with Gasteiger partial charge >= 0.3 is 5.69 Å². The molecule has 32 heavy (non-hydrogen) atoms. The molecule has 0 aliphatic heterocycles. The van der Waals surface area contributed by atoms with Crippen molar-refractivity contribution in [3.05, 3.63) is 76.0 Å². The standard InChI is InChI=1S/C25H30N6O/c1-6-16(2)21-22(25(3,4)5)26-24(32)31(21)15-17-11-13-18(14-12-17)19-9-7-8-10-20(19)23-27-29-30-28-23/h7-14,16H,6,15H2,1-5H3,(H,26,32)(H,27,28,29,30). The summed E-state index contributed by atoms with van der Waals surface area (Å²) in [4.78, 5) is 16.0. The van der Waals surface area contributed by atoms with Crippen molar-refractivity contribution in [1.29, 1.82) is 0 Å². The Morgan fingerprint density at radius 2 is 1.72 bits per heavy atom.